The molecule has 0 bridgehead atoms. The van der Waals surface area contributed by atoms with Gasteiger partial charge in [0.1, 0.15) is 4.34 Å². The van der Waals surface area contributed by atoms with Crippen LogP contribution in [0.2, 0.25) is 4.34 Å². The summed E-state index contributed by atoms with van der Waals surface area (Å²) in [4.78, 5) is 8.69. The van der Waals surface area contributed by atoms with Crippen LogP contribution in [0.15, 0.2) is 30.5 Å². The molecule has 2 aromatic heterocycles. The van der Waals surface area contributed by atoms with Crippen LogP contribution in [0.4, 0.5) is 11.4 Å². The zero-order valence-corrected chi connectivity index (χ0v) is 16.1. The molecule has 8 heteroatoms. The Morgan fingerprint density at radius 2 is 1.96 bits per heavy atom. The van der Waals surface area contributed by atoms with Gasteiger partial charge in [0.05, 0.1) is 29.2 Å². The van der Waals surface area contributed by atoms with Crippen LogP contribution >= 0.6 is 35.3 Å². The quantitative estimate of drug-likeness (QED) is 0.639. The lowest BCUT2D eigenvalue weighted by Crippen LogP contribution is -2.02. The molecule has 0 amide bonds. The van der Waals surface area contributed by atoms with Gasteiger partial charge in [-0.25, -0.2) is 9.97 Å². The van der Waals surface area contributed by atoms with Gasteiger partial charge in [0.25, 0.3) is 0 Å². The van der Waals surface area contributed by atoms with Crippen LogP contribution in [0.3, 0.4) is 0 Å². The average molecular weight is 397 g/mol. The number of benzene rings is 1. The molecule has 2 heterocycles. The van der Waals surface area contributed by atoms with Gasteiger partial charge >= 0.3 is 0 Å². The highest BCUT2D eigenvalue weighted by Crippen LogP contribution is 2.33. The molecule has 0 aliphatic heterocycles. The molecule has 0 saturated heterocycles. The lowest BCUT2D eigenvalue weighted by atomic mass is 9.99. The van der Waals surface area contributed by atoms with Gasteiger partial charge in [-0.05, 0) is 36.2 Å². The van der Waals surface area contributed by atoms with Gasteiger partial charge in [-0.2, -0.15) is 0 Å². The third kappa shape index (κ3) is 4.15. The Hall–Kier alpha value is -2.02. The molecule has 0 fully saturated rings. The molecule has 25 heavy (non-hydrogen) atoms. The summed E-state index contributed by atoms with van der Waals surface area (Å²) in [7, 11) is 1.58. The number of nitrogens with zero attached hydrogens (tertiary/aromatic N) is 2. The molecule has 5 nitrogen and oxygen atoms in total. The fourth-order valence-corrected chi connectivity index (χ4v) is 3.55. The van der Waals surface area contributed by atoms with E-state index in [0.29, 0.717) is 28.0 Å². The van der Waals surface area contributed by atoms with Crippen molar-refractivity contribution in [3.8, 4) is 17.0 Å². The van der Waals surface area contributed by atoms with Crippen LogP contribution in [0.1, 0.15) is 16.3 Å². The van der Waals surface area contributed by atoms with Crippen molar-refractivity contribution in [2.75, 3.05) is 18.6 Å². The van der Waals surface area contributed by atoms with E-state index in [-0.39, 0.29) is 12.4 Å². The molecule has 0 unspecified atom stereocenters. The fraction of sp³-hybridized carbons (Fsp3) is 0.176. The maximum absolute atomic E-state index is 6.24. The maximum atomic E-state index is 6.24. The van der Waals surface area contributed by atoms with E-state index in [1.165, 1.54) is 11.3 Å². The monoisotopic (exact) mass is 396 g/mol. The molecule has 0 spiro atoms. The average Bonchev–Trinajstić information content (AvgIpc) is 2.89. The van der Waals surface area contributed by atoms with E-state index < -0.39 is 0 Å². The molecule has 0 radical (unpaired) electrons. The summed E-state index contributed by atoms with van der Waals surface area (Å²) < 4.78 is 5.77. The first-order valence-corrected chi connectivity index (χ1v) is 8.47. The summed E-state index contributed by atoms with van der Waals surface area (Å²) in [6.45, 7) is 1.93. The number of aryl methyl sites for hydroxylation is 1. The molecule has 0 atom stereocenters. The molecule has 3 rings (SSSR count). The maximum Gasteiger partial charge on any atom is 0.212 e. The molecule has 0 saturated carbocycles. The Morgan fingerprint density at radius 1 is 1.20 bits per heavy atom. The standard InChI is InChI=1S/C17H17ClN4OS.ClH/c1-9-22-14(17(18)24-9)7-12-5-11(6-13(19)16(12)20)10-3-4-15(23-2)21-8-10;/h3-6,8H,7,19-20H2,1-2H3;1H. The predicted molar refractivity (Wildman–Crippen MR) is 107 cm³/mol. The summed E-state index contributed by atoms with van der Waals surface area (Å²) in [5.41, 5.74) is 16.9. The summed E-state index contributed by atoms with van der Waals surface area (Å²) in [6.07, 6.45) is 2.28. The lowest BCUT2D eigenvalue weighted by molar-refractivity contribution is 0.398. The van der Waals surface area contributed by atoms with E-state index in [9.17, 15) is 0 Å². The topological polar surface area (TPSA) is 87.0 Å². The van der Waals surface area contributed by atoms with Crippen LogP contribution in [-0.4, -0.2) is 17.1 Å². The van der Waals surface area contributed by atoms with Crippen molar-refractivity contribution >= 4 is 46.7 Å². The fourth-order valence-electron chi connectivity index (χ4n) is 2.46. The number of nitrogen functional groups attached to an aromatic ring is 2. The summed E-state index contributed by atoms with van der Waals surface area (Å²) >= 11 is 7.70. The molecule has 0 aliphatic rings. The Kier molecular flexibility index (Phi) is 6.11. The minimum Gasteiger partial charge on any atom is -0.481 e. The minimum atomic E-state index is 0. The first kappa shape index (κ1) is 19.3. The first-order chi connectivity index (χ1) is 11.5. The number of methoxy groups -OCH3 is 1. The second-order valence-electron chi connectivity index (χ2n) is 5.36. The third-order valence-electron chi connectivity index (χ3n) is 3.69. The number of nitrogens with two attached hydrogens (primary N) is 2. The second kappa shape index (κ2) is 7.91. The second-order valence-corrected chi connectivity index (χ2v) is 7.16. The molecule has 132 valence electrons. The highest BCUT2D eigenvalue weighted by molar-refractivity contribution is 7.15. The van der Waals surface area contributed by atoms with Crippen molar-refractivity contribution in [3.05, 3.63) is 51.1 Å². The van der Waals surface area contributed by atoms with E-state index in [2.05, 4.69) is 9.97 Å². The van der Waals surface area contributed by atoms with Crippen LogP contribution < -0.4 is 16.2 Å². The number of aromatic nitrogens is 2. The third-order valence-corrected chi connectivity index (χ3v) is 4.94. The molecular weight excluding hydrogens is 379 g/mol. The minimum absolute atomic E-state index is 0. The first-order valence-electron chi connectivity index (χ1n) is 7.28. The highest BCUT2D eigenvalue weighted by Gasteiger charge is 2.13. The van der Waals surface area contributed by atoms with E-state index >= 15 is 0 Å². The Bertz CT molecular complexity index is 881. The van der Waals surface area contributed by atoms with E-state index in [0.717, 1.165) is 27.4 Å². The smallest absolute Gasteiger partial charge is 0.212 e. The zero-order valence-electron chi connectivity index (χ0n) is 13.7. The molecule has 4 N–H and O–H groups in total. The van der Waals surface area contributed by atoms with Crippen molar-refractivity contribution < 1.29 is 4.74 Å². The van der Waals surface area contributed by atoms with Gasteiger partial charge in [-0.3, -0.25) is 0 Å². The Labute approximate surface area is 161 Å². The van der Waals surface area contributed by atoms with Gasteiger partial charge in [-0.1, -0.05) is 11.6 Å². The molecule has 1 aromatic carbocycles. The Balaban J connectivity index is 0.00000225. The van der Waals surface area contributed by atoms with Gasteiger partial charge in [0.15, 0.2) is 0 Å². The number of hydrogen-bond acceptors (Lipinski definition) is 6. The van der Waals surface area contributed by atoms with Gasteiger partial charge in [0, 0.05) is 24.2 Å². The van der Waals surface area contributed by atoms with Crippen LogP contribution in [0.25, 0.3) is 11.1 Å². The largest absolute Gasteiger partial charge is 0.481 e. The van der Waals surface area contributed by atoms with Crippen LogP contribution in [0.5, 0.6) is 5.88 Å². The molecule has 0 aliphatic carbocycles. The van der Waals surface area contributed by atoms with Gasteiger partial charge in [-0.15, -0.1) is 23.7 Å². The number of anilines is 2. The summed E-state index contributed by atoms with van der Waals surface area (Å²) in [5.74, 6) is 0.562. The number of pyridine rings is 1. The van der Waals surface area contributed by atoms with Crippen molar-refractivity contribution in [3.63, 3.8) is 0 Å². The Morgan fingerprint density at radius 3 is 2.52 bits per heavy atom. The van der Waals surface area contributed by atoms with Crippen LogP contribution in [0, 0.1) is 6.92 Å². The normalized spacial score (nSPS) is 10.4. The van der Waals surface area contributed by atoms with Crippen LogP contribution in [-0.2, 0) is 6.42 Å². The van der Waals surface area contributed by atoms with E-state index in [4.69, 9.17) is 27.8 Å². The molecular formula is C17H18Cl2N4OS. The highest BCUT2D eigenvalue weighted by atomic mass is 35.5. The number of thiazole rings is 1. The molecule has 3 aromatic rings. The van der Waals surface area contributed by atoms with Crippen molar-refractivity contribution in [1.82, 2.24) is 9.97 Å². The van der Waals surface area contributed by atoms with Crippen molar-refractivity contribution in [2.24, 2.45) is 0 Å². The SMILES string of the molecule is COc1ccc(-c2cc(N)c(N)c(Cc3nc(C)sc3Cl)c2)cn1.Cl. The number of ether oxygens (including phenoxy) is 1. The van der Waals surface area contributed by atoms with Crippen molar-refractivity contribution in [1.29, 1.82) is 0 Å². The lowest BCUT2D eigenvalue weighted by Gasteiger charge is -2.12. The number of rotatable bonds is 4. The predicted octanol–water partition coefficient (Wildman–Crippen LogP) is 4.35. The summed E-state index contributed by atoms with van der Waals surface area (Å²) in [5, 5.41) is 0.928. The van der Waals surface area contributed by atoms with E-state index in [1.54, 1.807) is 13.3 Å². The van der Waals surface area contributed by atoms with Crippen molar-refractivity contribution in [2.45, 2.75) is 13.3 Å². The zero-order chi connectivity index (χ0) is 17.3. The van der Waals surface area contributed by atoms with E-state index in [1.807, 2.05) is 31.2 Å². The number of hydrogen-bond donors (Lipinski definition) is 2. The summed E-state index contributed by atoms with van der Waals surface area (Å²) in [6, 6.07) is 7.58. The number of halogens is 2. The van der Waals surface area contributed by atoms with Gasteiger partial charge in [0.2, 0.25) is 5.88 Å². The van der Waals surface area contributed by atoms with Gasteiger partial charge < -0.3 is 16.2 Å².